The van der Waals surface area contributed by atoms with E-state index in [1.54, 1.807) is 19.0 Å². The lowest BCUT2D eigenvalue weighted by atomic mass is 10.1. The summed E-state index contributed by atoms with van der Waals surface area (Å²) in [5.41, 5.74) is 5.68. The first-order valence-electron chi connectivity index (χ1n) is 4.03. The van der Waals surface area contributed by atoms with E-state index in [2.05, 4.69) is 6.92 Å². The molecule has 0 aliphatic carbocycles. The highest BCUT2D eigenvalue weighted by Crippen LogP contribution is 1.99. The minimum atomic E-state index is 0.0369. The molecular formula is C8H18N2O. The zero-order chi connectivity index (χ0) is 8.85. The summed E-state index contributed by atoms with van der Waals surface area (Å²) in [7, 11) is 3.50. The summed E-state index contributed by atoms with van der Waals surface area (Å²) >= 11 is 0. The zero-order valence-corrected chi connectivity index (χ0v) is 7.63. The highest BCUT2D eigenvalue weighted by atomic mass is 16.2. The lowest BCUT2D eigenvalue weighted by Gasteiger charge is -2.13. The van der Waals surface area contributed by atoms with Crippen LogP contribution in [0.3, 0.4) is 0 Å². The van der Waals surface area contributed by atoms with Crippen molar-refractivity contribution in [2.75, 3.05) is 14.1 Å². The van der Waals surface area contributed by atoms with Gasteiger partial charge in [0.25, 0.3) is 0 Å². The van der Waals surface area contributed by atoms with Gasteiger partial charge in [0, 0.05) is 26.6 Å². The van der Waals surface area contributed by atoms with E-state index in [9.17, 15) is 4.79 Å². The number of nitrogens with zero attached hydrogens (tertiary/aromatic N) is 1. The Balaban J connectivity index is 3.57. The molecule has 0 saturated heterocycles. The molecule has 2 N–H and O–H groups in total. The fourth-order valence-electron chi connectivity index (χ4n) is 0.880. The molecule has 0 radical (unpaired) electrons. The molecule has 0 aliphatic rings. The van der Waals surface area contributed by atoms with Gasteiger partial charge in [0.15, 0.2) is 0 Å². The first kappa shape index (κ1) is 10.4. The molecule has 0 spiro atoms. The summed E-state index contributed by atoms with van der Waals surface area (Å²) < 4.78 is 0. The molecule has 0 bridgehead atoms. The maximum absolute atomic E-state index is 11.1. The molecule has 66 valence electrons. The van der Waals surface area contributed by atoms with Crippen molar-refractivity contribution < 1.29 is 4.79 Å². The van der Waals surface area contributed by atoms with E-state index in [4.69, 9.17) is 5.73 Å². The number of carbonyl (C=O) groups excluding carboxylic acids is 1. The number of hydrogen-bond acceptors (Lipinski definition) is 2. The third kappa shape index (κ3) is 4.79. The quantitative estimate of drug-likeness (QED) is 0.651. The molecule has 0 aliphatic heterocycles. The van der Waals surface area contributed by atoms with Crippen molar-refractivity contribution in [3.05, 3.63) is 0 Å². The fourth-order valence-corrected chi connectivity index (χ4v) is 0.880. The summed E-state index contributed by atoms with van der Waals surface area (Å²) in [4.78, 5) is 12.7. The van der Waals surface area contributed by atoms with E-state index >= 15 is 0 Å². The zero-order valence-electron chi connectivity index (χ0n) is 7.63. The van der Waals surface area contributed by atoms with Crippen molar-refractivity contribution in [3.63, 3.8) is 0 Å². The van der Waals surface area contributed by atoms with Crippen molar-refractivity contribution >= 4 is 5.91 Å². The molecule has 0 fully saturated rings. The predicted octanol–water partition coefficient (Wildman–Crippen LogP) is 0.592. The Morgan fingerprint density at radius 1 is 1.55 bits per heavy atom. The second-order valence-electron chi connectivity index (χ2n) is 3.04. The molecule has 11 heavy (non-hydrogen) atoms. The number of rotatable bonds is 4. The van der Waals surface area contributed by atoms with Gasteiger partial charge in [0.2, 0.25) is 5.91 Å². The van der Waals surface area contributed by atoms with Gasteiger partial charge in [-0.15, -0.1) is 0 Å². The molecule has 0 aromatic heterocycles. The molecule has 1 amide bonds. The van der Waals surface area contributed by atoms with E-state index in [1.165, 1.54) is 0 Å². The third-order valence-electron chi connectivity index (χ3n) is 1.60. The van der Waals surface area contributed by atoms with Gasteiger partial charge in [-0.25, -0.2) is 0 Å². The summed E-state index contributed by atoms with van der Waals surface area (Å²) in [5.74, 6) is 0.117. The van der Waals surface area contributed by atoms with Gasteiger partial charge in [0.1, 0.15) is 0 Å². The second kappa shape index (κ2) is 5.13. The summed E-state index contributed by atoms with van der Waals surface area (Å²) in [6, 6.07) is 0.0369. The van der Waals surface area contributed by atoms with Crippen molar-refractivity contribution in [2.45, 2.75) is 32.2 Å². The molecular weight excluding hydrogens is 140 g/mol. The largest absolute Gasteiger partial charge is 0.349 e. The van der Waals surface area contributed by atoms with Crippen LogP contribution in [0, 0.1) is 0 Å². The van der Waals surface area contributed by atoms with E-state index in [1.807, 2.05) is 0 Å². The molecule has 1 unspecified atom stereocenters. The van der Waals surface area contributed by atoms with Gasteiger partial charge in [0.05, 0.1) is 0 Å². The van der Waals surface area contributed by atoms with Gasteiger partial charge >= 0.3 is 0 Å². The van der Waals surface area contributed by atoms with E-state index < -0.39 is 0 Å². The predicted molar refractivity (Wildman–Crippen MR) is 46.2 cm³/mol. The minimum absolute atomic E-state index is 0.0369. The molecule has 0 heterocycles. The van der Waals surface area contributed by atoms with Crippen molar-refractivity contribution in [2.24, 2.45) is 5.73 Å². The second-order valence-corrected chi connectivity index (χ2v) is 3.04. The summed E-state index contributed by atoms with van der Waals surface area (Å²) in [6.07, 6.45) is 2.45. The van der Waals surface area contributed by atoms with E-state index in [0.717, 1.165) is 12.8 Å². The normalized spacial score (nSPS) is 12.7. The van der Waals surface area contributed by atoms with Crippen LogP contribution in [0.1, 0.15) is 26.2 Å². The van der Waals surface area contributed by atoms with Gasteiger partial charge in [-0.05, 0) is 6.42 Å². The first-order valence-corrected chi connectivity index (χ1v) is 4.03. The van der Waals surface area contributed by atoms with Crippen molar-refractivity contribution in [1.82, 2.24) is 4.90 Å². The standard InChI is InChI=1S/C8H18N2O/c1-4-5-7(9)6-8(11)10(2)3/h7H,4-6,9H2,1-3H3. The van der Waals surface area contributed by atoms with Crippen LogP contribution in [-0.4, -0.2) is 30.9 Å². The van der Waals surface area contributed by atoms with Crippen LogP contribution in [0.15, 0.2) is 0 Å². The van der Waals surface area contributed by atoms with Crippen LogP contribution >= 0.6 is 0 Å². The van der Waals surface area contributed by atoms with Gasteiger partial charge in [-0.2, -0.15) is 0 Å². The Morgan fingerprint density at radius 3 is 2.45 bits per heavy atom. The maximum atomic E-state index is 11.1. The van der Waals surface area contributed by atoms with Crippen LogP contribution in [0.5, 0.6) is 0 Å². The number of hydrogen-bond donors (Lipinski definition) is 1. The Hall–Kier alpha value is -0.570. The fraction of sp³-hybridized carbons (Fsp3) is 0.875. The van der Waals surface area contributed by atoms with Crippen molar-refractivity contribution in [1.29, 1.82) is 0 Å². The number of carbonyl (C=O) groups is 1. The molecule has 0 rings (SSSR count). The molecule has 3 heteroatoms. The highest BCUT2D eigenvalue weighted by Gasteiger charge is 2.09. The van der Waals surface area contributed by atoms with Crippen LogP contribution in [0.2, 0.25) is 0 Å². The average Bonchev–Trinajstić information content (AvgIpc) is 1.87. The third-order valence-corrected chi connectivity index (χ3v) is 1.60. The average molecular weight is 158 g/mol. The van der Waals surface area contributed by atoms with Crippen LogP contribution in [0.25, 0.3) is 0 Å². The topological polar surface area (TPSA) is 46.3 Å². The number of amides is 1. The van der Waals surface area contributed by atoms with Gasteiger partial charge < -0.3 is 10.6 Å². The molecule has 3 nitrogen and oxygen atoms in total. The molecule has 1 atom stereocenters. The Labute approximate surface area is 68.6 Å². The van der Waals surface area contributed by atoms with E-state index in [-0.39, 0.29) is 11.9 Å². The minimum Gasteiger partial charge on any atom is -0.349 e. The van der Waals surface area contributed by atoms with Crippen LogP contribution in [-0.2, 0) is 4.79 Å². The van der Waals surface area contributed by atoms with E-state index in [0.29, 0.717) is 6.42 Å². The maximum Gasteiger partial charge on any atom is 0.223 e. The lowest BCUT2D eigenvalue weighted by Crippen LogP contribution is -2.30. The SMILES string of the molecule is CCCC(N)CC(=O)N(C)C. The van der Waals surface area contributed by atoms with Gasteiger partial charge in [-0.3, -0.25) is 4.79 Å². The molecule has 0 saturated carbocycles. The Kier molecular flexibility index (Phi) is 4.86. The summed E-state index contributed by atoms with van der Waals surface area (Å²) in [6.45, 7) is 2.07. The van der Waals surface area contributed by atoms with Crippen LogP contribution in [0.4, 0.5) is 0 Å². The first-order chi connectivity index (χ1) is 5.07. The monoisotopic (exact) mass is 158 g/mol. The molecule has 0 aromatic rings. The lowest BCUT2D eigenvalue weighted by molar-refractivity contribution is -0.129. The van der Waals surface area contributed by atoms with Gasteiger partial charge in [-0.1, -0.05) is 13.3 Å². The molecule has 0 aromatic carbocycles. The van der Waals surface area contributed by atoms with Crippen molar-refractivity contribution in [3.8, 4) is 0 Å². The number of nitrogens with two attached hydrogens (primary N) is 1. The Bertz CT molecular complexity index is 123. The highest BCUT2D eigenvalue weighted by molar-refractivity contribution is 5.76. The Morgan fingerprint density at radius 2 is 2.09 bits per heavy atom. The van der Waals surface area contributed by atoms with Crippen LogP contribution < -0.4 is 5.73 Å². The summed E-state index contributed by atoms with van der Waals surface area (Å²) in [5, 5.41) is 0. The smallest absolute Gasteiger partial charge is 0.223 e.